The SMILES string of the molecule is CCCCNC(=O)CNc1ccccc1N1CCC(O)CC1. The van der Waals surface area contributed by atoms with E-state index < -0.39 is 0 Å². The summed E-state index contributed by atoms with van der Waals surface area (Å²) in [7, 11) is 0. The molecule has 0 aromatic heterocycles. The lowest BCUT2D eigenvalue weighted by Crippen LogP contribution is -2.36. The van der Waals surface area contributed by atoms with E-state index in [1.807, 2.05) is 18.2 Å². The van der Waals surface area contributed by atoms with Gasteiger partial charge in [0.25, 0.3) is 0 Å². The number of carbonyl (C=O) groups is 1. The van der Waals surface area contributed by atoms with Crippen LogP contribution < -0.4 is 15.5 Å². The smallest absolute Gasteiger partial charge is 0.239 e. The normalized spacial score (nSPS) is 15.6. The summed E-state index contributed by atoms with van der Waals surface area (Å²) >= 11 is 0. The summed E-state index contributed by atoms with van der Waals surface area (Å²) in [4.78, 5) is 14.1. The molecule has 3 N–H and O–H groups in total. The van der Waals surface area contributed by atoms with Crippen LogP contribution in [-0.2, 0) is 4.79 Å². The van der Waals surface area contributed by atoms with Gasteiger partial charge in [-0.15, -0.1) is 0 Å². The van der Waals surface area contributed by atoms with E-state index in [0.717, 1.165) is 56.7 Å². The number of hydrogen-bond acceptors (Lipinski definition) is 4. The average molecular weight is 305 g/mol. The van der Waals surface area contributed by atoms with Crippen LogP contribution in [-0.4, -0.2) is 43.3 Å². The van der Waals surface area contributed by atoms with E-state index in [1.165, 1.54) is 0 Å². The highest BCUT2D eigenvalue weighted by molar-refractivity contribution is 5.82. The van der Waals surface area contributed by atoms with Crippen LogP contribution in [0.25, 0.3) is 0 Å². The van der Waals surface area contributed by atoms with Crippen LogP contribution in [0.2, 0.25) is 0 Å². The second-order valence-corrected chi connectivity index (χ2v) is 5.79. The highest BCUT2D eigenvalue weighted by atomic mass is 16.3. The van der Waals surface area contributed by atoms with Crippen molar-refractivity contribution in [2.45, 2.75) is 38.7 Å². The van der Waals surface area contributed by atoms with E-state index in [2.05, 4.69) is 28.5 Å². The van der Waals surface area contributed by atoms with Gasteiger partial charge in [0.1, 0.15) is 0 Å². The summed E-state index contributed by atoms with van der Waals surface area (Å²) in [6, 6.07) is 8.04. The van der Waals surface area contributed by atoms with Gasteiger partial charge in [0.15, 0.2) is 0 Å². The topological polar surface area (TPSA) is 64.6 Å². The van der Waals surface area contributed by atoms with Crippen molar-refractivity contribution in [1.29, 1.82) is 0 Å². The first-order valence-electron chi connectivity index (χ1n) is 8.23. The van der Waals surface area contributed by atoms with Crippen molar-refractivity contribution in [1.82, 2.24) is 5.32 Å². The molecule has 0 bridgehead atoms. The Morgan fingerprint density at radius 3 is 2.77 bits per heavy atom. The van der Waals surface area contributed by atoms with Gasteiger partial charge in [-0.1, -0.05) is 25.5 Å². The molecule has 0 atom stereocenters. The molecule has 0 aliphatic carbocycles. The molecule has 1 amide bonds. The maximum atomic E-state index is 11.8. The molecule has 22 heavy (non-hydrogen) atoms. The minimum Gasteiger partial charge on any atom is -0.393 e. The lowest BCUT2D eigenvalue weighted by molar-refractivity contribution is -0.119. The maximum Gasteiger partial charge on any atom is 0.239 e. The summed E-state index contributed by atoms with van der Waals surface area (Å²) in [5.41, 5.74) is 2.08. The molecule has 1 fully saturated rings. The molecule has 5 nitrogen and oxygen atoms in total. The highest BCUT2D eigenvalue weighted by Crippen LogP contribution is 2.28. The number of unbranched alkanes of at least 4 members (excludes halogenated alkanes) is 1. The zero-order chi connectivity index (χ0) is 15.8. The van der Waals surface area contributed by atoms with Crippen molar-refractivity contribution in [2.75, 3.05) is 36.4 Å². The number of benzene rings is 1. The molecule has 1 aliphatic rings. The van der Waals surface area contributed by atoms with E-state index in [-0.39, 0.29) is 18.6 Å². The average Bonchev–Trinajstić information content (AvgIpc) is 2.54. The first-order chi connectivity index (χ1) is 10.7. The summed E-state index contributed by atoms with van der Waals surface area (Å²) in [5.74, 6) is 0.0253. The fraction of sp³-hybridized carbons (Fsp3) is 0.588. The minimum absolute atomic E-state index is 0.0253. The van der Waals surface area contributed by atoms with E-state index in [4.69, 9.17) is 0 Å². The summed E-state index contributed by atoms with van der Waals surface area (Å²) in [6.07, 6.45) is 3.51. The highest BCUT2D eigenvalue weighted by Gasteiger charge is 2.19. The number of aliphatic hydroxyl groups excluding tert-OH is 1. The monoisotopic (exact) mass is 305 g/mol. The molecule has 5 heteroatoms. The summed E-state index contributed by atoms with van der Waals surface area (Å²) in [5, 5.41) is 15.8. The fourth-order valence-electron chi connectivity index (χ4n) is 2.65. The standard InChI is InChI=1S/C17H27N3O2/c1-2-3-10-18-17(22)13-19-15-6-4-5-7-16(15)20-11-8-14(21)9-12-20/h4-7,14,19,21H,2-3,8-13H2,1H3,(H,18,22). The van der Waals surface area contributed by atoms with E-state index >= 15 is 0 Å². The molecule has 1 heterocycles. The number of aliphatic hydroxyl groups is 1. The zero-order valence-electron chi connectivity index (χ0n) is 13.3. The van der Waals surface area contributed by atoms with Gasteiger partial charge in [-0.3, -0.25) is 4.79 Å². The van der Waals surface area contributed by atoms with Gasteiger partial charge >= 0.3 is 0 Å². The Morgan fingerprint density at radius 2 is 2.05 bits per heavy atom. The first kappa shape index (κ1) is 16.6. The van der Waals surface area contributed by atoms with Crippen LogP contribution in [0.3, 0.4) is 0 Å². The summed E-state index contributed by atoms with van der Waals surface area (Å²) in [6.45, 7) is 4.83. The van der Waals surface area contributed by atoms with Crippen molar-refractivity contribution in [2.24, 2.45) is 0 Å². The number of piperidine rings is 1. The Kier molecular flexibility index (Phi) is 6.52. The van der Waals surface area contributed by atoms with Gasteiger partial charge < -0.3 is 20.6 Å². The lowest BCUT2D eigenvalue weighted by atomic mass is 10.1. The molecular formula is C17H27N3O2. The van der Waals surface area contributed by atoms with Gasteiger partial charge in [-0.25, -0.2) is 0 Å². The molecule has 1 saturated heterocycles. The first-order valence-corrected chi connectivity index (χ1v) is 8.23. The Balaban J connectivity index is 1.89. The van der Waals surface area contributed by atoms with E-state index in [0.29, 0.717) is 0 Å². The quantitative estimate of drug-likeness (QED) is 0.674. The van der Waals surface area contributed by atoms with Crippen LogP contribution in [0.4, 0.5) is 11.4 Å². The van der Waals surface area contributed by atoms with Crippen molar-refractivity contribution >= 4 is 17.3 Å². The number of amides is 1. The van der Waals surface area contributed by atoms with Crippen LogP contribution in [0.1, 0.15) is 32.6 Å². The second kappa shape index (κ2) is 8.63. The number of hydrogen-bond donors (Lipinski definition) is 3. The van der Waals surface area contributed by atoms with Crippen LogP contribution in [0.5, 0.6) is 0 Å². The number of rotatable bonds is 7. The van der Waals surface area contributed by atoms with Crippen LogP contribution in [0, 0.1) is 0 Å². The Bertz CT molecular complexity index is 471. The van der Waals surface area contributed by atoms with Crippen molar-refractivity contribution in [3.05, 3.63) is 24.3 Å². The Hall–Kier alpha value is -1.75. The van der Waals surface area contributed by atoms with Gasteiger partial charge in [-0.2, -0.15) is 0 Å². The number of nitrogens with one attached hydrogen (secondary N) is 2. The molecule has 1 aliphatic heterocycles. The summed E-state index contributed by atoms with van der Waals surface area (Å²) < 4.78 is 0. The van der Waals surface area contributed by atoms with Gasteiger partial charge in [-0.05, 0) is 31.4 Å². The third-order valence-corrected chi connectivity index (χ3v) is 4.00. The van der Waals surface area contributed by atoms with Gasteiger partial charge in [0.2, 0.25) is 5.91 Å². The Labute approximate surface area is 132 Å². The maximum absolute atomic E-state index is 11.8. The van der Waals surface area contributed by atoms with Gasteiger partial charge in [0, 0.05) is 19.6 Å². The number of anilines is 2. The third kappa shape index (κ3) is 4.91. The van der Waals surface area contributed by atoms with Crippen LogP contribution in [0.15, 0.2) is 24.3 Å². The molecule has 0 radical (unpaired) electrons. The van der Waals surface area contributed by atoms with Crippen LogP contribution >= 0.6 is 0 Å². The number of para-hydroxylation sites is 2. The van der Waals surface area contributed by atoms with Gasteiger partial charge in [0.05, 0.1) is 24.0 Å². The molecule has 2 rings (SSSR count). The number of carbonyl (C=O) groups excluding carboxylic acids is 1. The molecule has 1 aromatic rings. The molecule has 0 spiro atoms. The van der Waals surface area contributed by atoms with Crippen molar-refractivity contribution < 1.29 is 9.90 Å². The largest absolute Gasteiger partial charge is 0.393 e. The van der Waals surface area contributed by atoms with E-state index in [9.17, 15) is 9.90 Å². The number of nitrogens with zero attached hydrogens (tertiary/aromatic N) is 1. The molecule has 122 valence electrons. The minimum atomic E-state index is -0.180. The van der Waals surface area contributed by atoms with E-state index in [1.54, 1.807) is 0 Å². The lowest BCUT2D eigenvalue weighted by Gasteiger charge is -2.32. The predicted molar refractivity (Wildman–Crippen MR) is 90.3 cm³/mol. The molecule has 1 aromatic carbocycles. The second-order valence-electron chi connectivity index (χ2n) is 5.79. The van der Waals surface area contributed by atoms with Crippen molar-refractivity contribution in [3.63, 3.8) is 0 Å². The van der Waals surface area contributed by atoms with Crippen molar-refractivity contribution in [3.8, 4) is 0 Å². The predicted octanol–water partition coefficient (Wildman–Crippen LogP) is 1.98. The molecule has 0 saturated carbocycles. The Morgan fingerprint density at radius 1 is 1.32 bits per heavy atom. The third-order valence-electron chi connectivity index (χ3n) is 4.00. The zero-order valence-corrected chi connectivity index (χ0v) is 13.3. The molecule has 0 unspecified atom stereocenters. The molecular weight excluding hydrogens is 278 g/mol. The fourth-order valence-corrected chi connectivity index (χ4v) is 2.65.